The molecule has 198 valence electrons. The summed E-state index contributed by atoms with van der Waals surface area (Å²) in [6.07, 6.45) is 7.45. The van der Waals surface area contributed by atoms with E-state index in [1.165, 1.54) is 11.3 Å². The van der Waals surface area contributed by atoms with Crippen LogP contribution in [-0.4, -0.2) is 28.3 Å². The molecule has 0 spiro atoms. The SMILES string of the molecule is C=CCOc1ccc([C@H]2C(C(=O)OCC)=C(C)N=c3s/c(=C\c4cn(CC=C)c5ccccc45)c(=O)n32)cc1. The van der Waals surface area contributed by atoms with E-state index >= 15 is 0 Å². The molecule has 2 aromatic heterocycles. The summed E-state index contributed by atoms with van der Waals surface area (Å²) in [5.74, 6) is 0.179. The molecule has 4 aromatic rings. The Hall–Kier alpha value is -4.43. The summed E-state index contributed by atoms with van der Waals surface area (Å²) in [5, 5.41) is 1.04. The normalized spacial score (nSPS) is 15.1. The van der Waals surface area contributed by atoms with Crippen LogP contribution in [-0.2, 0) is 16.1 Å². The summed E-state index contributed by atoms with van der Waals surface area (Å²) in [6.45, 7) is 12.3. The molecular weight excluding hydrogens is 510 g/mol. The number of fused-ring (bicyclic) bond motifs is 2. The molecule has 39 heavy (non-hydrogen) atoms. The monoisotopic (exact) mass is 539 g/mol. The third-order valence-corrected chi connectivity index (χ3v) is 7.50. The van der Waals surface area contributed by atoms with Crippen LogP contribution in [0.1, 0.15) is 31.0 Å². The average Bonchev–Trinajstić information content (AvgIpc) is 3.44. The van der Waals surface area contributed by atoms with E-state index in [-0.39, 0.29) is 12.2 Å². The van der Waals surface area contributed by atoms with Crippen LogP contribution >= 0.6 is 11.3 Å². The van der Waals surface area contributed by atoms with Crippen molar-refractivity contribution < 1.29 is 14.3 Å². The van der Waals surface area contributed by atoms with Crippen LogP contribution in [0.5, 0.6) is 5.75 Å². The first kappa shape index (κ1) is 26.2. The van der Waals surface area contributed by atoms with Crippen LogP contribution in [0.3, 0.4) is 0 Å². The second kappa shape index (κ2) is 11.1. The number of ether oxygens (including phenoxy) is 2. The molecule has 1 aliphatic heterocycles. The summed E-state index contributed by atoms with van der Waals surface area (Å²) < 4.78 is 15.2. The van der Waals surface area contributed by atoms with Crippen molar-refractivity contribution in [2.75, 3.05) is 13.2 Å². The summed E-state index contributed by atoms with van der Waals surface area (Å²) >= 11 is 1.31. The standard InChI is InChI=1S/C31H29N3O4S/c1-5-16-33-19-22(24-10-8-9-11-25(24)33)18-26-29(35)34-28(21-12-14-23(15-13-21)38-17-6-2)27(30(36)37-7-3)20(4)32-31(34)39-26/h5-6,8-15,18-19,28H,1-2,7,16-17H2,3-4H3/b26-18-/t28-/m0/s1. The molecule has 0 unspecified atom stereocenters. The number of para-hydroxylation sites is 1. The van der Waals surface area contributed by atoms with E-state index in [4.69, 9.17) is 9.47 Å². The predicted octanol–water partition coefficient (Wildman–Crippen LogP) is 4.50. The Labute approximate surface area is 230 Å². The van der Waals surface area contributed by atoms with Crippen molar-refractivity contribution in [1.82, 2.24) is 9.13 Å². The third-order valence-electron chi connectivity index (χ3n) is 6.51. The maximum atomic E-state index is 14.0. The summed E-state index contributed by atoms with van der Waals surface area (Å²) in [4.78, 5) is 32.3. The third kappa shape index (κ3) is 4.91. The van der Waals surface area contributed by atoms with Crippen molar-refractivity contribution >= 4 is 34.3 Å². The number of esters is 1. The van der Waals surface area contributed by atoms with E-state index in [9.17, 15) is 9.59 Å². The van der Waals surface area contributed by atoms with Gasteiger partial charge in [0.1, 0.15) is 12.4 Å². The zero-order valence-electron chi connectivity index (χ0n) is 21.9. The van der Waals surface area contributed by atoms with Crippen molar-refractivity contribution in [3.05, 3.63) is 122 Å². The fraction of sp³-hybridized carbons (Fsp3) is 0.194. The lowest BCUT2D eigenvalue weighted by Gasteiger charge is -2.24. The number of aromatic nitrogens is 2. The van der Waals surface area contributed by atoms with Gasteiger partial charge in [0, 0.05) is 29.2 Å². The van der Waals surface area contributed by atoms with Crippen LogP contribution in [0.25, 0.3) is 17.0 Å². The minimum atomic E-state index is -0.682. The van der Waals surface area contributed by atoms with Crippen molar-refractivity contribution in [1.29, 1.82) is 0 Å². The Balaban J connectivity index is 1.69. The lowest BCUT2D eigenvalue weighted by atomic mass is 9.96. The van der Waals surface area contributed by atoms with Crippen molar-refractivity contribution in [2.24, 2.45) is 4.99 Å². The number of thiazole rings is 1. The Morgan fingerprint density at radius 2 is 1.90 bits per heavy atom. The maximum absolute atomic E-state index is 14.0. The molecule has 5 rings (SSSR count). The Morgan fingerprint density at radius 1 is 1.13 bits per heavy atom. The van der Waals surface area contributed by atoms with Gasteiger partial charge < -0.3 is 14.0 Å². The first-order valence-corrected chi connectivity index (χ1v) is 13.5. The molecule has 0 fully saturated rings. The number of nitrogens with zero attached hydrogens (tertiary/aromatic N) is 3. The number of hydrogen-bond acceptors (Lipinski definition) is 6. The molecule has 1 atom stereocenters. The summed E-state index contributed by atoms with van der Waals surface area (Å²) in [6, 6.07) is 14.8. The van der Waals surface area contributed by atoms with E-state index < -0.39 is 12.0 Å². The number of benzene rings is 2. The number of rotatable bonds is 9. The molecule has 1 aliphatic rings. The highest BCUT2D eigenvalue weighted by molar-refractivity contribution is 7.07. The fourth-order valence-electron chi connectivity index (χ4n) is 4.83. The predicted molar refractivity (Wildman–Crippen MR) is 155 cm³/mol. The van der Waals surface area contributed by atoms with Crippen LogP contribution in [0.15, 0.2) is 101 Å². The zero-order valence-corrected chi connectivity index (χ0v) is 22.7. The largest absolute Gasteiger partial charge is 0.490 e. The van der Waals surface area contributed by atoms with Crippen molar-refractivity contribution in [3.8, 4) is 5.75 Å². The Kier molecular flexibility index (Phi) is 7.47. The van der Waals surface area contributed by atoms with Gasteiger partial charge in [-0.15, -0.1) is 6.58 Å². The second-order valence-corrected chi connectivity index (χ2v) is 10.0. The van der Waals surface area contributed by atoms with Gasteiger partial charge in [0.05, 0.1) is 28.5 Å². The molecule has 0 saturated heterocycles. The van der Waals surface area contributed by atoms with Crippen LogP contribution in [0.4, 0.5) is 0 Å². The molecular formula is C31H29N3O4S. The van der Waals surface area contributed by atoms with Crippen LogP contribution in [0.2, 0.25) is 0 Å². The highest BCUT2D eigenvalue weighted by atomic mass is 32.1. The topological polar surface area (TPSA) is 74.8 Å². The van der Waals surface area contributed by atoms with Crippen molar-refractivity contribution in [2.45, 2.75) is 26.4 Å². The van der Waals surface area contributed by atoms with E-state index in [1.54, 1.807) is 24.5 Å². The van der Waals surface area contributed by atoms with E-state index in [0.717, 1.165) is 22.0 Å². The van der Waals surface area contributed by atoms with Gasteiger partial charge in [-0.2, -0.15) is 0 Å². The molecule has 0 N–H and O–H groups in total. The molecule has 0 aliphatic carbocycles. The molecule has 0 bridgehead atoms. The molecule has 8 heteroatoms. The number of carbonyl (C=O) groups is 1. The molecule has 0 saturated carbocycles. The molecule has 0 amide bonds. The number of carbonyl (C=O) groups excluding carboxylic acids is 1. The minimum Gasteiger partial charge on any atom is -0.490 e. The first-order valence-electron chi connectivity index (χ1n) is 12.7. The second-order valence-electron chi connectivity index (χ2n) is 9.01. The quantitative estimate of drug-likeness (QED) is 0.232. The Morgan fingerprint density at radius 3 is 2.62 bits per heavy atom. The van der Waals surface area contributed by atoms with Gasteiger partial charge in [0.25, 0.3) is 5.56 Å². The molecule has 2 aromatic carbocycles. The summed E-state index contributed by atoms with van der Waals surface area (Å²) in [5.41, 5.74) is 3.41. The van der Waals surface area contributed by atoms with Gasteiger partial charge in [0.15, 0.2) is 4.80 Å². The van der Waals surface area contributed by atoms with E-state index in [0.29, 0.717) is 39.5 Å². The highest BCUT2D eigenvalue weighted by Crippen LogP contribution is 2.31. The molecule has 0 radical (unpaired) electrons. The summed E-state index contributed by atoms with van der Waals surface area (Å²) in [7, 11) is 0. The van der Waals surface area contributed by atoms with Gasteiger partial charge in [0.2, 0.25) is 0 Å². The molecule has 7 nitrogen and oxygen atoms in total. The fourth-order valence-corrected chi connectivity index (χ4v) is 5.87. The highest BCUT2D eigenvalue weighted by Gasteiger charge is 2.33. The lowest BCUT2D eigenvalue weighted by molar-refractivity contribution is -0.139. The van der Waals surface area contributed by atoms with Gasteiger partial charge in [-0.25, -0.2) is 9.79 Å². The minimum absolute atomic E-state index is 0.217. The van der Waals surface area contributed by atoms with Crippen LogP contribution in [0, 0.1) is 0 Å². The van der Waals surface area contributed by atoms with Gasteiger partial charge in [-0.05, 0) is 43.7 Å². The van der Waals surface area contributed by atoms with Crippen LogP contribution < -0.4 is 19.6 Å². The number of allylic oxidation sites excluding steroid dienone is 2. The van der Waals surface area contributed by atoms with Crippen molar-refractivity contribution in [3.63, 3.8) is 0 Å². The van der Waals surface area contributed by atoms with Gasteiger partial charge in [-0.1, -0.05) is 60.4 Å². The maximum Gasteiger partial charge on any atom is 0.338 e. The Bertz CT molecular complexity index is 1790. The zero-order chi connectivity index (χ0) is 27.5. The van der Waals surface area contributed by atoms with Gasteiger partial charge >= 0.3 is 5.97 Å². The smallest absolute Gasteiger partial charge is 0.338 e. The van der Waals surface area contributed by atoms with E-state index in [2.05, 4.69) is 28.8 Å². The average molecular weight is 540 g/mol. The molecule has 3 heterocycles. The number of hydrogen-bond donors (Lipinski definition) is 0. The lowest BCUT2D eigenvalue weighted by Crippen LogP contribution is -2.39. The van der Waals surface area contributed by atoms with Gasteiger partial charge in [-0.3, -0.25) is 9.36 Å². The first-order chi connectivity index (χ1) is 19.0. The van der Waals surface area contributed by atoms with E-state index in [1.807, 2.05) is 60.8 Å².